The molecule has 0 bridgehead atoms. The molecule has 0 aliphatic heterocycles. The van der Waals surface area contributed by atoms with E-state index in [0.717, 1.165) is 5.56 Å². The predicted octanol–water partition coefficient (Wildman–Crippen LogP) is 5.02. The van der Waals surface area contributed by atoms with Crippen LogP contribution in [0.3, 0.4) is 0 Å². The van der Waals surface area contributed by atoms with Gasteiger partial charge in [0, 0.05) is 17.1 Å². The van der Waals surface area contributed by atoms with Gasteiger partial charge < -0.3 is 10.1 Å². The van der Waals surface area contributed by atoms with Gasteiger partial charge in [0.25, 0.3) is 0 Å². The molecule has 0 saturated carbocycles. The van der Waals surface area contributed by atoms with Crippen molar-refractivity contribution in [3.05, 3.63) is 60.2 Å². The summed E-state index contributed by atoms with van der Waals surface area (Å²) in [5.41, 5.74) is 2.12. The monoisotopic (exact) mass is 367 g/mol. The molecule has 1 aromatic carbocycles. The number of halogens is 1. The molecule has 6 heteroatoms. The first kappa shape index (κ1) is 18.8. The van der Waals surface area contributed by atoms with E-state index in [4.69, 9.17) is 4.74 Å². The zero-order valence-electron chi connectivity index (χ0n) is 15.8. The van der Waals surface area contributed by atoms with Gasteiger partial charge in [-0.05, 0) is 64.1 Å². The quantitative estimate of drug-likeness (QED) is 0.706. The standard InChI is InChI=1S/C21H22FN3O2/c1-13(24-20(26)27-21(2,3)4)19-16(18-7-5-6-10-23-18)12-14-11-15(22)8-9-17(14)25-19/h5-13H,1-4H3,(H,24,26). The molecule has 140 valence electrons. The number of carbonyl (C=O) groups excluding carboxylic acids is 1. The lowest BCUT2D eigenvalue weighted by atomic mass is 10.0. The minimum atomic E-state index is -0.595. The average molecular weight is 367 g/mol. The number of amides is 1. The highest BCUT2D eigenvalue weighted by Gasteiger charge is 2.22. The molecule has 3 rings (SSSR count). The Morgan fingerprint density at radius 2 is 1.96 bits per heavy atom. The number of nitrogens with one attached hydrogen (secondary N) is 1. The summed E-state index contributed by atoms with van der Waals surface area (Å²) in [5.74, 6) is -0.330. The number of hydrogen-bond donors (Lipinski definition) is 1. The molecule has 5 nitrogen and oxygen atoms in total. The SMILES string of the molecule is CC(NC(=O)OC(C)(C)C)c1nc2ccc(F)cc2cc1-c1ccccn1. The van der Waals surface area contributed by atoms with E-state index in [0.29, 0.717) is 22.3 Å². The average Bonchev–Trinajstić information content (AvgIpc) is 2.59. The molecule has 1 atom stereocenters. The van der Waals surface area contributed by atoms with Crippen molar-refractivity contribution < 1.29 is 13.9 Å². The van der Waals surface area contributed by atoms with Crippen LogP contribution >= 0.6 is 0 Å². The Morgan fingerprint density at radius 1 is 1.19 bits per heavy atom. The van der Waals surface area contributed by atoms with Crippen LogP contribution in [-0.2, 0) is 4.74 Å². The van der Waals surface area contributed by atoms with E-state index >= 15 is 0 Å². The minimum absolute atomic E-state index is 0.330. The molecular formula is C21H22FN3O2. The maximum Gasteiger partial charge on any atom is 0.408 e. The normalized spacial score (nSPS) is 12.6. The van der Waals surface area contributed by atoms with Gasteiger partial charge in [0.1, 0.15) is 11.4 Å². The van der Waals surface area contributed by atoms with Crippen molar-refractivity contribution >= 4 is 17.0 Å². The van der Waals surface area contributed by atoms with E-state index in [9.17, 15) is 9.18 Å². The first-order valence-electron chi connectivity index (χ1n) is 8.74. The Bertz CT molecular complexity index is 968. The minimum Gasteiger partial charge on any atom is -0.444 e. The first-order valence-corrected chi connectivity index (χ1v) is 8.74. The summed E-state index contributed by atoms with van der Waals surface area (Å²) in [6.45, 7) is 7.24. The second-order valence-corrected chi connectivity index (χ2v) is 7.34. The maximum atomic E-state index is 13.6. The summed E-state index contributed by atoms with van der Waals surface area (Å²) in [6.07, 6.45) is 1.16. The van der Waals surface area contributed by atoms with Crippen molar-refractivity contribution in [3.63, 3.8) is 0 Å². The highest BCUT2D eigenvalue weighted by Crippen LogP contribution is 2.29. The van der Waals surface area contributed by atoms with Crippen LogP contribution in [0.15, 0.2) is 48.7 Å². The Morgan fingerprint density at radius 3 is 2.63 bits per heavy atom. The van der Waals surface area contributed by atoms with E-state index in [1.165, 1.54) is 12.1 Å². The predicted molar refractivity (Wildman–Crippen MR) is 103 cm³/mol. The molecule has 0 aliphatic rings. The van der Waals surface area contributed by atoms with E-state index in [1.807, 2.05) is 31.2 Å². The third-order valence-electron chi connectivity index (χ3n) is 3.89. The Hall–Kier alpha value is -3.02. The van der Waals surface area contributed by atoms with Crippen LogP contribution in [0.4, 0.5) is 9.18 Å². The van der Waals surface area contributed by atoms with Gasteiger partial charge in [-0.1, -0.05) is 6.07 Å². The second-order valence-electron chi connectivity index (χ2n) is 7.34. The molecule has 3 aromatic rings. The fraction of sp³-hybridized carbons (Fsp3) is 0.286. The van der Waals surface area contributed by atoms with Crippen LogP contribution in [0, 0.1) is 5.82 Å². The van der Waals surface area contributed by atoms with Crippen molar-refractivity contribution in [2.75, 3.05) is 0 Å². The van der Waals surface area contributed by atoms with Crippen LogP contribution in [0.25, 0.3) is 22.2 Å². The first-order chi connectivity index (χ1) is 12.7. The number of fused-ring (bicyclic) bond motifs is 1. The molecule has 1 amide bonds. The Kier molecular flexibility index (Phi) is 5.08. The van der Waals surface area contributed by atoms with Gasteiger partial charge in [-0.15, -0.1) is 0 Å². The van der Waals surface area contributed by atoms with Gasteiger partial charge in [-0.2, -0.15) is 0 Å². The van der Waals surface area contributed by atoms with Gasteiger partial charge in [0.2, 0.25) is 0 Å². The number of pyridine rings is 2. The molecule has 1 N–H and O–H groups in total. The zero-order valence-corrected chi connectivity index (χ0v) is 15.8. The van der Waals surface area contributed by atoms with Crippen molar-refractivity contribution in [1.29, 1.82) is 0 Å². The summed E-state index contributed by atoms with van der Waals surface area (Å²) in [6, 6.07) is 11.4. The number of nitrogens with zero attached hydrogens (tertiary/aromatic N) is 2. The number of carbonyl (C=O) groups is 1. The smallest absolute Gasteiger partial charge is 0.408 e. The molecule has 1 unspecified atom stereocenters. The van der Waals surface area contributed by atoms with Gasteiger partial charge in [0.15, 0.2) is 0 Å². The van der Waals surface area contributed by atoms with Gasteiger partial charge in [-0.3, -0.25) is 4.98 Å². The molecule has 0 fully saturated rings. The lowest BCUT2D eigenvalue weighted by Gasteiger charge is -2.23. The highest BCUT2D eigenvalue weighted by atomic mass is 19.1. The van der Waals surface area contributed by atoms with Crippen LogP contribution in [0.1, 0.15) is 39.4 Å². The van der Waals surface area contributed by atoms with Crippen molar-refractivity contribution in [3.8, 4) is 11.3 Å². The zero-order chi connectivity index (χ0) is 19.6. The summed E-state index contributed by atoms with van der Waals surface area (Å²) in [7, 11) is 0. The molecule has 2 aromatic heterocycles. The van der Waals surface area contributed by atoms with Crippen LogP contribution in [0.2, 0.25) is 0 Å². The second kappa shape index (κ2) is 7.31. The van der Waals surface area contributed by atoms with Crippen LogP contribution in [-0.4, -0.2) is 21.7 Å². The lowest BCUT2D eigenvalue weighted by Crippen LogP contribution is -2.34. The van der Waals surface area contributed by atoms with Gasteiger partial charge >= 0.3 is 6.09 Å². The number of alkyl carbamates (subject to hydrolysis) is 1. The molecule has 0 spiro atoms. The summed E-state index contributed by atoms with van der Waals surface area (Å²) >= 11 is 0. The van der Waals surface area contributed by atoms with Gasteiger partial charge in [0.05, 0.1) is 22.9 Å². The maximum absolute atomic E-state index is 13.6. The Balaban J connectivity index is 2.04. The van der Waals surface area contributed by atoms with Crippen molar-refractivity contribution in [2.45, 2.75) is 39.3 Å². The summed E-state index contributed by atoms with van der Waals surface area (Å²) in [5, 5.41) is 3.48. The molecular weight excluding hydrogens is 345 g/mol. The molecule has 2 heterocycles. The molecule has 27 heavy (non-hydrogen) atoms. The number of benzene rings is 1. The molecule has 0 aliphatic carbocycles. The lowest BCUT2D eigenvalue weighted by molar-refractivity contribution is 0.0507. The van der Waals surface area contributed by atoms with Crippen molar-refractivity contribution in [1.82, 2.24) is 15.3 Å². The highest BCUT2D eigenvalue weighted by molar-refractivity contribution is 5.84. The topological polar surface area (TPSA) is 64.1 Å². The summed E-state index contributed by atoms with van der Waals surface area (Å²) < 4.78 is 19.0. The fourth-order valence-electron chi connectivity index (χ4n) is 2.77. The third kappa shape index (κ3) is 4.58. The van der Waals surface area contributed by atoms with E-state index < -0.39 is 17.7 Å². The van der Waals surface area contributed by atoms with E-state index in [2.05, 4.69) is 15.3 Å². The number of ether oxygens (including phenoxy) is 1. The molecule has 0 saturated heterocycles. The van der Waals surface area contributed by atoms with Crippen molar-refractivity contribution in [2.24, 2.45) is 0 Å². The number of hydrogen-bond acceptors (Lipinski definition) is 4. The van der Waals surface area contributed by atoms with Crippen LogP contribution in [0.5, 0.6) is 0 Å². The largest absolute Gasteiger partial charge is 0.444 e. The number of aromatic nitrogens is 2. The van der Waals surface area contributed by atoms with Crippen LogP contribution < -0.4 is 5.32 Å². The third-order valence-corrected chi connectivity index (χ3v) is 3.89. The van der Waals surface area contributed by atoms with Gasteiger partial charge in [-0.25, -0.2) is 14.2 Å². The molecule has 0 radical (unpaired) electrons. The summed E-state index contributed by atoms with van der Waals surface area (Å²) in [4.78, 5) is 21.2. The van der Waals surface area contributed by atoms with E-state index in [1.54, 1.807) is 33.0 Å². The number of rotatable bonds is 3. The Labute approximate surface area is 157 Å². The fourth-order valence-corrected chi connectivity index (χ4v) is 2.77. The van der Waals surface area contributed by atoms with E-state index in [-0.39, 0.29) is 5.82 Å².